The van der Waals surface area contributed by atoms with Gasteiger partial charge in [0.05, 0.1) is 50.1 Å². The van der Waals surface area contributed by atoms with Crippen LogP contribution in [0.4, 0.5) is 18.4 Å². The van der Waals surface area contributed by atoms with E-state index in [0.717, 1.165) is 6.42 Å². The lowest BCUT2D eigenvalue weighted by Crippen LogP contribution is -2.52. The molecule has 2 aromatic carbocycles. The van der Waals surface area contributed by atoms with E-state index in [1.165, 1.54) is 32.7 Å². The van der Waals surface area contributed by atoms with Gasteiger partial charge in [-0.05, 0) is 61.8 Å². The number of aromatic amines is 2. The summed E-state index contributed by atoms with van der Waals surface area (Å²) < 4.78 is 47.8. The molecule has 4 atom stereocenters. The van der Waals surface area contributed by atoms with Gasteiger partial charge in [-0.1, -0.05) is 40.7 Å². The molecule has 4 N–H and O–H groups in total. The molecule has 2 aromatic heterocycles. The summed E-state index contributed by atoms with van der Waals surface area (Å²) in [5, 5.41) is 5.26. The number of hydrogen-bond donors (Lipinski definition) is 4. The van der Waals surface area contributed by atoms with Crippen molar-refractivity contribution in [2.75, 3.05) is 27.3 Å². The highest BCUT2D eigenvalue weighted by molar-refractivity contribution is 5.87. The zero-order valence-corrected chi connectivity index (χ0v) is 34.6. The predicted molar refractivity (Wildman–Crippen MR) is 214 cm³/mol. The summed E-state index contributed by atoms with van der Waals surface area (Å²) in [6.07, 6.45) is 3.62. The number of fused-ring (bicyclic) bond motifs is 3. The molecule has 59 heavy (non-hydrogen) atoms. The van der Waals surface area contributed by atoms with Crippen LogP contribution in [-0.4, -0.2) is 93.1 Å². The van der Waals surface area contributed by atoms with E-state index in [9.17, 15) is 19.2 Å². The zero-order chi connectivity index (χ0) is 42.7. The maximum absolute atomic E-state index is 16.3. The Morgan fingerprint density at radius 1 is 0.898 bits per heavy atom. The molecule has 0 aliphatic carbocycles. The number of rotatable bonds is 13. The van der Waals surface area contributed by atoms with Gasteiger partial charge in [0.2, 0.25) is 11.8 Å². The third-order valence-electron chi connectivity index (χ3n) is 11.0. The van der Waals surface area contributed by atoms with Gasteiger partial charge in [0.25, 0.3) is 0 Å². The molecule has 2 aliphatic rings. The van der Waals surface area contributed by atoms with Crippen molar-refractivity contribution in [1.82, 2.24) is 40.4 Å². The highest BCUT2D eigenvalue weighted by atomic mass is 19.1. The summed E-state index contributed by atoms with van der Waals surface area (Å²) in [6.45, 7) is 11.8. The second kappa shape index (κ2) is 17.9. The number of halogens is 2. The van der Waals surface area contributed by atoms with Crippen LogP contribution in [-0.2, 0) is 25.7 Å². The van der Waals surface area contributed by atoms with Crippen molar-refractivity contribution in [3.05, 3.63) is 65.5 Å². The quantitative estimate of drug-likeness (QED) is 0.110. The van der Waals surface area contributed by atoms with Gasteiger partial charge in [0.1, 0.15) is 47.7 Å². The van der Waals surface area contributed by atoms with Crippen molar-refractivity contribution in [3.8, 4) is 39.4 Å². The number of nitrogens with one attached hydrogen (secondary N) is 4. The van der Waals surface area contributed by atoms with Gasteiger partial charge >= 0.3 is 12.2 Å². The van der Waals surface area contributed by atoms with Crippen LogP contribution < -0.4 is 15.4 Å². The van der Waals surface area contributed by atoms with Crippen molar-refractivity contribution < 1.29 is 42.2 Å². The minimum Gasteiger partial charge on any atom is -0.488 e. The Morgan fingerprint density at radius 2 is 1.54 bits per heavy atom. The number of ether oxygens (including phenoxy) is 3. The van der Waals surface area contributed by atoms with Gasteiger partial charge in [-0.3, -0.25) is 9.59 Å². The molecule has 1 fully saturated rings. The Morgan fingerprint density at radius 3 is 2.20 bits per heavy atom. The van der Waals surface area contributed by atoms with Gasteiger partial charge < -0.3 is 44.6 Å². The average molecular weight is 819 g/mol. The zero-order valence-electron chi connectivity index (χ0n) is 34.6. The minimum atomic E-state index is -0.830. The van der Waals surface area contributed by atoms with Crippen LogP contribution in [0.3, 0.4) is 0 Å². The van der Waals surface area contributed by atoms with E-state index in [-0.39, 0.29) is 46.9 Å². The number of hydrogen-bond acceptors (Lipinski definition) is 9. The summed E-state index contributed by atoms with van der Waals surface area (Å²) in [4.78, 5) is 70.0. The van der Waals surface area contributed by atoms with Crippen LogP contribution in [0.25, 0.3) is 33.6 Å². The SMILES string of the molecule is CCCN(C(=O)C(NC(=O)OC)C(C)C)C(C)c1ncc(-c2cc3c(cc2F)-c2ccc(-c4cnc(C5CCCN5C(=O)C(NC(=O)OC)C(C)C)[nH]4)c(F)c2CO3)[nH]1. The van der Waals surface area contributed by atoms with E-state index < -0.39 is 48.0 Å². The first-order valence-electron chi connectivity index (χ1n) is 19.9. The highest BCUT2D eigenvalue weighted by Crippen LogP contribution is 2.44. The van der Waals surface area contributed by atoms with Crippen LogP contribution in [0.1, 0.15) is 90.1 Å². The van der Waals surface area contributed by atoms with Crippen molar-refractivity contribution in [2.24, 2.45) is 11.8 Å². The molecule has 4 aromatic rings. The first-order valence-corrected chi connectivity index (χ1v) is 19.9. The molecule has 316 valence electrons. The van der Waals surface area contributed by atoms with Crippen molar-refractivity contribution in [3.63, 3.8) is 0 Å². The van der Waals surface area contributed by atoms with Gasteiger partial charge in [-0.2, -0.15) is 0 Å². The third kappa shape index (κ3) is 8.59. The van der Waals surface area contributed by atoms with E-state index in [2.05, 4.69) is 30.6 Å². The van der Waals surface area contributed by atoms with Gasteiger partial charge in [-0.15, -0.1) is 0 Å². The average Bonchev–Trinajstić information content (AvgIpc) is 4.02. The second-order valence-corrected chi connectivity index (χ2v) is 15.5. The Balaban J connectivity index is 1.22. The number of benzene rings is 2. The van der Waals surface area contributed by atoms with Gasteiger partial charge in [0.15, 0.2) is 0 Å². The normalized spacial score (nSPS) is 16.1. The molecule has 1 saturated heterocycles. The summed E-state index contributed by atoms with van der Waals surface area (Å²) in [6, 6.07) is 3.62. The highest BCUT2D eigenvalue weighted by Gasteiger charge is 2.38. The molecule has 6 rings (SSSR count). The number of nitrogens with zero attached hydrogens (tertiary/aromatic N) is 4. The molecule has 0 spiro atoms. The van der Waals surface area contributed by atoms with Gasteiger partial charge in [-0.25, -0.2) is 28.3 Å². The van der Waals surface area contributed by atoms with Crippen LogP contribution in [0.2, 0.25) is 0 Å². The first kappa shape index (κ1) is 42.6. The Bertz CT molecular complexity index is 2200. The molecule has 2 aliphatic heterocycles. The van der Waals surface area contributed by atoms with Crippen molar-refractivity contribution in [1.29, 1.82) is 0 Å². The number of imidazole rings is 2. The van der Waals surface area contributed by atoms with Crippen LogP contribution >= 0.6 is 0 Å². The number of carbonyl (C=O) groups excluding carboxylic acids is 4. The fraction of sp³-hybridized carbons (Fsp3) is 0.476. The largest absolute Gasteiger partial charge is 0.488 e. The lowest BCUT2D eigenvalue weighted by molar-refractivity contribution is -0.137. The number of H-pyrrole nitrogens is 2. The molecule has 0 bridgehead atoms. The van der Waals surface area contributed by atoms with E-state index >= 15 is 8.78 Å². The van der Waals surface area contributed by atoms with Gasteiger partial charge in [0, 0.05) is 35.3 Å². The predicted octanol–water partition coefficient (Wildman–Crippen LogP) is 7.03. The lowest BCUT2D eigenvalue weighted by Gasteiger charge is -2.33. The number of methoxy groups -OCH3 is 2. The second-order valence-electron chi connectivity index (χ2n) is 15.5. The molecule has 0 radical (unpaired) electrons. The molecule has 17 heteroatoms. The number of amides is 4. The summed E-state index contributed by atoms with van der Waals surface area (Å²) in [7, 11) is 2.48. The number of carbonyl (C=O) groups is 4. The molecule has 0 saturated carbocycles. The Kier molecular flexibility index (Phi) is 12.9. The van der Waals surface area contributed by atoms with E-state index in [4.69, 9.17) is 14.2 Å². The number of aromatic nitrogens is 4. The maximum atomic E-state index is 16.3. The summed E-state index contributed by atoms with van der Waals surface area (Å²) in [5.74, 6) is -0.826. The standard InChI is InChI=1S/C42H52F2N8O7/c1-9-14-51(39(53)35(21(2)3)49-41(55)57-7)23(6)37-45-19-31(47-37)27-17-33-26(16-29(27)43)24-12-13-25(34(44)28(24)20-59-33)30-18-46-38(48-30)32-11-10-15-52(32)40(54)36(22(4)5)50-42(56)58-8/h12-13,16-19,21-23,32,35-36H,9-11,14-15,20H2,1-8H3,(H,45,47)(H,46,48)(H,49,55)(H,50,56). The number of likely N-dealkylation sites (tertiary alicyclic amines) is 1. The van der Waals surface area contributed by atoms with Crippen molar-refractivity contribution in [2.45, 2.75) is 91.6 Å². The Labute approximate surface area is 341 Å². The first-order chi connectivity index (χ1) is 28.2. The van der Waals surface area contributed by atoms with Crippen LogP contribution in [0, 0.1) is 23.5 Å². The van der Waals surface area contributed by atoms with Crippen molar-refractivity contribution >= 4 is 24.0 Å². The lowest BCUT2D eigenvalue weighted by atomic mass is 9.92. The van der Waals surface area contributed by atoms with Crippen LogP contribution in [0.15, 0.2) is 36.7 Å². The molecule has 15 nitrogen and oxygen atoms in total. The monoisotopic (exact) mass is 818 g/mol. The maximum Gasteiger partial charge on any atom is 0.407 e. The fourth-order valence-electron chi connectivity index (χ4n) is 7.75. The molecule has 4 unspecified atom stereocenters. The molecule has 4 heterocycles. The summed E-state index contributed by atoms with van der Waals surface area (Å²) in [5.41, 5.74) is 2.31. The minimum absolute atomic E-state index is 0.112. The topological polar surface area (TPSA) is 184 Å². The molecule has 4 amide bonds. The number of alkyl carbamates (subject to hydrolysis) is 2. The van der Waals surface area contributed by atoms with Crippen LogP contribution in [0.5, 0.6) is 5.75 Å². The third-order valence-corrected chi connectivity index (χ3v) is 11.0. The molecular weight excluding hydrogens is 767 g/mol. The smallest absolute Gasteiger partial charge is 0.407 e. The van der Waals surface area contributed by atoms with E-state index in [1.54, 1.807) is 28.0 Å². The van der Waals surface area contributed by atoms with E-state index in [1.807, 2.05) is 41.5 Å². The fourth-order valence-corrected chi connectivity index (χ4v) is 7.75. The summed E-state index contributed by atoms with van der Waals surface area (Å²) >= 11 is 0. The Hall–Kier alpha value is -6.00. The van der Waals surface area contributed by atoms with E-state index in [0.29, 0.717) is 65.8 Å². The molecular formula is C42H52F2N8O7.